The number of nitrogens with one attached hydrogen (secondary N) is 1. The number of thioether (sulfide) groups is 1. The molecule has 0 heterocycles. The Balaban J connectivity index is 2.41. The minimum absolute atomic E-state index is 0.576. The molecule has 21 heavy (non-hydrogen) atoms. The topological polar surface area (TPSA) is 15.3 Å². The number of benzene rings is 1. The average molecular weight is 309 g/mol. The Morgan fingerprint density at radius 2 is 1.76 bits per heavy atom. The largest absolute Gasteiger partial charge is 0.316 e. The molecule has 120 valence electrons. The summed E-state index contributed by atoms with van der Waals surface area (Å²) in [4.78, 5) is 2.39. The van der Waals surface area contributed by atoms with Crippen LogP contribution >= 0.6 is 11.8 Å². The molecule has 1 unspecified atom stereocenters. The van der Waals surface area contributed by atoms with Crippen LogP contribution in [-0.2, 0) is 6.54 Å². The summed E-state index contributed by atoms with van der Waals surface area (Å²) in [6, 6.07) is 9.15. The molecule has 0 radical (unpaired) electrons. The van der Waals surface area contributed by atoms with Crippen molar-refractivity contribution >= 4 is 11.8 Å². The predicted molar refractivity (Wildman–Crippen MR) is 97.3 cm³/mol. The third kappa shape index (κ3) is 7.89. The molecule has 1 atom stereocenters. The Morgan fingerprint density at radius 1 is 1.10 bits per heavy atom. The number of hydrogen-bond acceptors (Lipinski definition) is 3. The monoisotopic (exact) mass is 308 g/mol. The summed E-state index contributed by atoms with van der Waals surface area (Å²) in [7, 11) is 2.20. The van der Waals surface area contributed by atoms with Crippen molar-refractivity contribution in [3.63, 3.8) is 0 Å². The van der Waals surface area contributed by atoms with Crippen LogP contribution in [0.1, 0.15) is 37.8 Å². The Morgan fingerprint density at radius 3 is 2.33 bits per heavy atom. The van der Waals surface area contributed by atoms with Crippen molar-refractivity contribution < 1.29 is 0 Å². The summed E-state index contributed by atoms with van der Waals surface area (Å²) in [5.41, 5.74) is 2.84. The first-order valence-electron chi connectivity index (χ1n) is 8.00. The number of hydrogen-bond donors (Lipinski definition) is 1. The second kappa shape index (κ2) is 10.3. The quantitative estimate of drug-likeness (QED) is 0.707. The summed E-state index contributed by atoms with van der Waals surface area (Å²) in [6.07, 6.45) is 2.16. The van der Waals surface area contributed by atoms with Crippen LogP contribution in [0.15, 0.2) is 24.3 Å². The smallest absolute Gasteiger partial charge is 0.0231 e. The van der Waals surface area contributed by atoms with E-state index in [9.17, 15) is 0 Å². The second-order valence-corrected chi connectivity index (χ2v) is 7.41. The molecule has 2 nitrogen and oxygen atoms in total. The molecular weight excluding hydrogens is 276 g/mol. The summed E-state index contributed by atoms with van der Waals surface area (Å²) < 4.78 is 0. The molecule has 0 aliphatic carbocycles. The third-order valence-corrected chi connectivity index (χ3v) is 4.27. The van der Waals surface area contributed by atoms with E-state index in [2.05, 4.69) is 68.6 Å². The maximum atomic E-state index is 3.54. The Labute approximate surface area is 135 Å². The molecule has 0 aromatic heterocycles. The SMILES string of the molecule is CSCCN(C)Cc1ccc(C(C)CNCC(C)C)cc1. The average Bonchev–Trinajstić information content (AvgIpc) is 2.45. The zero-order chi connectivity index (χ0) is 15.7. The first kappa shape index (κ1) is 18.5. The molecular formula is C18H32N2S. The highest BCUT2D eigenvalue weighted by Gasteiger charge is 2.06. The molecule has 1 rings (SSSR count). The van der Waals surface area contributed by atoms with E-state index in [0.29, 0.717) is 5.92 Å². The summed E-state index contributed by atoms with van der Waals surface area (Å²) >= 11 is 1.91. The van der Waals surface area contributed by atoms with Gasteiger partial charge in [0.2, 0.25) is 0 Å². The first-order valence-corrected chi connectivity index (χ1v) is 9.39. The van der Waals surface area contributed by atoms with E-state index in [4.69, 9.17) is 0 Å². The molecule has 0 aliphatic heterocycles. The van der Waals surface area contributed by atoms with Gasteiger partial charge in [-0.25, -0.2) is 0 Å². The van der Waals surface area contributed by atoms with E-state index in [1.807, 2.05) is 11.8 Å². The summed E-state index contributed by atoms with van der Waals surface area (Å²) in [5, 5.41) is 3.54. The van der Waals surface area contributed by atoms with Crippen LogP contribution < -0.4 is 5.32 Å². The molecule has 0 amide bonds. The van der Waals surface area contributed by atoms with Crippen molar-refractivity contribution in [2.45, 2.75) is 33.2 Å². The van der Waals surface area contributed by atoms with E-state index in [-0.39, 0.29) is 0 Å². The summed E-state index contributed by atoms with van der Waals surface area (Å²) in [6.45, 7) is 11.2. The van der Waals surface area contributed by atoms with Crippen molar-refractivity contribution in [3.8, 4) is 0 Å². The molecule has 1 N–H and O–H groups in total. The standard InChI is InChI=1S/C18H32N2S/c1-15(2)12-19-13-16(3)18-8-6-17(7-9-18)14-20(4)10-11-21-5/h6-9,15-16,19H,10-14H2,1-5H3. The zero-order valence-electron chi connectivity index (χ0n) is 14.4. The minimum atomic E-state index is 0.576. The molecule has 0 bridgehead atoms. The molecule has 0 spiro atoms. The van der Waals surface area contributed by atoms with Gasteiger partial charge in [0.1, 0.15) is 0 Å². The Bertz CT molecular complexity index is 375. The molecule has 1 aromatic rings. The van der Waals surface area contributed by atoms with Gasteiger partial charge in [-0.2, -0.15) is 11.8 Å². The van der Waals surface area contributed by atoms with E-state index in [1.165, 1.54) is 16.9 Å². The van der Waals surface area contributed by atoms with Crippen molar-refractivity contribution in [1.82, 2.24) is 10.2 Å². The molecule has 0 saturated heterocycles. The highest BCUT2D eigenvalue weighted by Crippen LogP contribution is 2.16. The van der Waals surface area contributed by atoms with Crippen LogP contribution in [0.2, 0.25) is 0 Å². The minimum Gasteiger partial charge on any atom is -0.316 e. The molecule has 0 aliphatic rings. The van der Waals surface area contributed by atoms with Crippen LogP contribution in [0, 0.1) is 5.92 Å². The molecule has 0 fully saturated rings. The van der Waals surface area contributed by atoms with Gasteiger partial charge in [-0.3, -0.25) is 0 Å². The van der Waals surface area contributed by atoms with E-state index in [1.54, 1.807) is 0 Å². The lowest BCUT2D eigenvalue weighted by atomic mass is 9.99. The fourth-order valence-electron chi connectivity index (χ4n) is 2.30. The maximum absolute atomic E-state index is 3.54. The van der Waals surface area contributed by atoms with E-state index in [0.717, 1.165) is 32.1 Å². The van der Waals surface area contributed by atoms with Crippen molar-refractivity contribution in [2.75, 3.05) is 38.7 Å². The van der Waals surface area contributed by atoms with Crippen LogP contribution in [0.4, 0.5) is 0 Å². The molecule has 3 heteroatoms. The van der Waals surface area contributed by atoms with Crippen LogP contribution in [0.25, 0.3) is 0 Å². The van der Waals surface area contributed by atoms with Gasteiger partial charge in [0, 0.05) is 25.4 Å². The van der Waals surface area contributed by atoms with Crippen molar-refractivity contribution in [3.05, 3.63) is 35.4 Å². The highest BCUT2D eigenvalue weighted by atomic mass is 32.2. The van der Waals surface area contributed by atoms with Gasteiger partial charge in [-0.15, -0.1) is 0 Å². The Kier molecular flexibility index (Phi) is 9.05. The summed E-state index contributed by atoms with van der Waals surface area (Å²) in [5.74, 6) is 2.50. The first-order chi connectivity index (χ1) is 10.0. The van der Waals surface area contributed by atoms with Gasteiger partial charge in [0.15, 0.2) is 0 Å². The molecule has 1 aromatic carbocycles. The fraction of sp³-hybridized carbons (Fsp3) is 0.667. The van der Waals surface area contributed by atoms with Gasteiger partial charge >= 0.3 is 0 Å². The van der Waals surface area contributed by atoms with Crippen LogP contribution in [0.5, 0.6) is 0 Å². The third-order valence-electron chi connectivity index (χ3n) is 3.68. The van der Waals surface area contributed by atoms with Gasteiger partial charge in [-0.05, 0) is 42.8 Å². The van der Waals surface area contributed by atoms with Crippen LogP contribution in [-0.4, -0.2) is 43.6 Å². The lowest BCUT2D eigenvalue weighted by Gasteiger charge is -2.17. The zero-order valence-corrected chi connectivity index (χ0v) is 15.2. The van der Waals surface area contributed by atoms with E-state index >= 15 is 0 Å². The van der Waals surface area contributed by atoms with Gasteiger partial charge in [0.05, 0.1) is 0 Å². The lowest BCUT2D eigenvalue weighted by molar-refractivity contribution is 0.349. The Hall–Kier alpha value is -0.510. The number of nitrogens with zero attached hydrogens (tertiary/aromatic N) is 1. The van der Waals surface area contributed by atoms with Crippen molar-refractivity contribution in [2.24, 2.45) is 5.92 Å². The maximum Gasteiger partial charge on any atom is 0.0231 e. The normalized spacial score (nSPS) is 13.1. The van der Waals surface area contributed by atoms with Crippen molar-refractivity contribution in [1.29, 1.82) is 0 Å². The number of rotatable bonds is 10. The predicted octanol–water partition coefficient (Wildman–Crippen LogP) is 3.83. The fourth-order valence-corrected chi connectivity index (χ4v) is 2.79. The van der Waals surface area contributed by atoms with E-state index < -0.39 is 0 Å². The lowest BCUT2D eigenvalue weighted by Crippen LogP contribution is -2.24. The van der Waals surface area contributed by atoms with Crippen LogP contribution in [0.3, 0.4) is 0 Å². The van der Waals surface area contributed by atoms with Gasteiger partial charge in [-0.1, -0.05) is 45.0 Å². The van der Waals surface area contributed by atoms with Gasteiger partial charge in [0.25, 0.3) is 0 Å². The highest BCUT2D eigenvalue weighted by molar-refractivity contribution is 7.98. The second-order valence-electron chi connectivity index (χ2n) is 6.43. The molecule has 0 saturated carbocycles. The van der Waals surface area contributed by atoms with Gasteiger partial charge < -0.3 is 10.2 Å².